The fraction of sp³-hybridized carbons (Fsp3) is 0.632. The van der Waals surface area contributed by atoms with Gasteiger partial charge in [0.25, 0.3) is 0 Å². The van der Waals surface area contributed by atoms with Crippen LogP contribution in [0.4, 0.5) is 0 Å². The van der Waals surface area contributed by atoms with E-state index < -0.39 is 60.1 Å². The molecule has 2 rings (SSSR count). The second kappa shape index (κ2) is 11.0. The first-order valence-electron chi connectivity index (χ1n) is 10.3. The highest BCUT2D eigenvalue weighted by atomic mass is 16.4. The number of carbonyl (C=O) groups excluding carboxylic acids is 3. The molecule has 1 aliphatic rings. The second-order valence-corrected chi connectivity index (χ2v) is 7.86. The number of nitrogens with two attached hydrogens (primary N) is 1. The first-order valence-corrected chi connectivity index (χ1v) is 10.3. The van der Waals surface area contributed by atoms with Crippen LogP contribution in [0, 0.1) is 0 Å². The minimum atomic E-state index is -1.52. The van der Waals surface area contributed by atoms with Gasteiger partial charge >= 0.3 is 5.97 Å². The molecule has 13 heteroatoms. The predicted molar refractivity (Wildman–Crippen MR) is 110 cm³/mol. The summed E-state index contributed by atoms with van der Waals surface area (Å²) in [5.74, 6) is -3.41. The lowest BCUT2D eigenvalue weighted by atomic mass is 10.1. The first kappa shape index (κ1) is 25.2. The Morgan fingerprint density at radius 1 is 1.25 bits per heavy atom. The number of carboxylic acids is 1. The van der Waals surface area contributed by atoms with E-state index in [1.165, 1.54) is 31.3 Å². The summed E-state index contributed by atoms with van der Waals surface area (Å²) < 4.78 is 0. The number of aromatic nitrogens is 2. The molecular formula is C19H30N6O7. The van der Waals surface area contributed by atoms with Crippen LogP contribution in [0.1, 0.15) is 32.4 Å². The van der Waals surface area contributed by atoms with Gasteiger partial charge in [0.2, 0.25) is 17.7 Å². The maximum absolute atomic E-state index is 13.3. The van der Waals surface area contributed by atoms with E-state index in [-0.39, 0.29) is 13.0 Å². The van der Waals surface area contributed by atoms with Crippen LogP contribution in [0.15, 0.2) is 12.5 Å². The average Bonchev–Trinajstić information content (AvgIpc) is 3.41. The van der Waals surface area contributed by atoms with Gasteiger partial charge in [-0.25, -0.2) is 9.78 Å². The third kappa shape index (κ3) is 6.24. The average molecular weight is 454 g/mol. The van der Waals surface area contributed by atoms with Crippen molar-refractivity contribution < 1.29 is 34.5 Å². The fourth-order valence-corrected chi connectivity index (χ4v) is 3.44. The Kier molecular flexibility index (Phi) is 8.69. The van der Waals surface area contributed by atoms with Gasteiger partial charge in [-0.1, -0.05) is 0 Å². The zero-order chi connectivity index (χ0) is 24.0. The zero-order valence-electron chi connectivity index (χ0n) is 17.9. The first-order chi connectivity index (χ1) is 15.0. The highest BCUT2D eigenvalue weighted by molar-refractivity contribution is 5.94. The highest BCUT2D eigenvalue weighted by Gasteiger charge is 2.40. The zero-order valence-corrected chi connectivity index (χ0v) is 17.9. The van der Waals surface area contributed by atoms with E-state index in [0.29, 0.717) is 18.5 Å². The highest BCUT2D eigenvalue weighted by Crippen LogP contribution is 2.20. The standard InChI is InChI=1S/C19H30N6O7/c1-9(26)14(20)17(29)23-12(6-11-7-21-8-22-11)18(30)25-5-3-4-13(25)16(28)24-15(10(2)27)19(31)32/h7-10,12-15,26-27H,3-6,20H2,1-2H3,(H,21,22)(H,23,29)(H,24,28)(H,31,32). The number of likely N-dealkylation sites (tertiary alicyclic amines) is 1. The number of aliphatic hydroxyl groups excluding tert-OH is 2. The molecule has 0 aromatic carbocycles. The van der Waals surface area contributed by atoms with Crippen molar-refractivity contribution in [2.45, 2.75) is 69.5 Å². The van der Waals surface area contributed by atoms with E-state index in [0.717, 1.165) is 0 Å². The molecule has 0 spiro atoms. The number of carboxylic acid groups (broad SMARTS) is 1. The molecule has 2 heterocycles. The van der Waals surface area contributed by atoms with E-state index in [1.807, 2.05) is 0 Å². The van der Waals surface area contributed by atoms with Crippen LogP contribution in [-0.4, -0.2) is 96.8 Å². The van der Waals surface area contributed by atoms with E-state index in [1.54, 1.807) is 0 Å². The molecular weight excluding hydrogens is 424 g/mol. The molecule has 13 nitrogen and oxygen atoms in total. The maximum atomic E-state index is 13.3. The van der Waals surface area contributed by atoms with Crippen LogP contribution in [0.3, 0.4) is 0 Å². The molecule has 1 aliphatic heterocycles. The van der Waals surface area contributed by atoms with Gasteiger partial charge in [0.05, 0.1) is 18.5 Å². The molecule has 1 saturated heterocycles. The Hall–Kier alpha value is -3.03. The fourth-order valence-electron chi connectivity index (χ4n) is 3.44. The minimum absolute atomic E-state index is 0.0351. The summed E-state index contributed by atoms with van der Waals surface area (Å²) in [5.41, 5.74) is 6.22. The lowest BCUT2D eigenvalue weighted by molar-refractivity contribution is -0.147. The molecule has 0 saturated carbocycles. The normalized spacial score (nSPS) is 20.7. The van der Waals surface area contributed by atoms with E-state index in [2.05, 4.69) is 20.6 Å². The Labute approximate surface area is 184 Å². The van der Waals surface area contributed by atoms with E-state index >= 15 is 0 Å². The van der Waals surface area contributed by atoms with Crippen molar-refractivity contribution in [3.8, 4) is 0 Å². The third-order valence-electron chi connectivity index (χ3n) is 5.30. The van der Waals surface area contributed by atoms with E-state index in [4.69, 9.17) is 5.73 Å². The number of nitrogens with one attached hydrogen (secondary N) is 3. The maximum Gasteiger partial charge on any atom is 0.328 e. The van der Waals surface area contributed by atoms with Gasteiger partial charge in [-0.3, -0.25) is 14.4 Å². The van der Waals surface area contributed by atoms with Gasteiger partial charge in [0.15, 0.2) is 6.04 Å². The van der Waals surface area contributed by atoms with Crippen LogP contribution >= 0.6 is 0 Å². The number of imidazole rings is 1. The number of aliphatic carboxylic acids is 1. The number of aromatic amines is 1. The van der Waals surface area contributed by atoms with Gasteiger partial charge < -0.3 is 41.6 Å². The number of hydrogen-bond acceptors (Lipinski definition) is 8. The third-order valence-corrected chi connectivity index (χ3v) is 5.30. The summed E-state index contributed by atoms with van der Waals surface area (Å²) in [6.07, 6.45) is 1.24. The summed E-state index contributed by atoms with van der Waals surface area (Å²) in [7, 11) is 0. The van der Waals surface area contributed by atoms with Crippen LogP contribution < -0.4 is 16.4 Å². The molecule has 8 N–H and O–H groups in total. The van der Waals surface area contributed by atoms with Gasteiger partial charge in [0.1, 0.15) is 18.1 Å². The second-order valence-electron chi connectivity index (χ2n) is 7.86. The van der Waals surface area contributed by atoms with Crippen molar-refractivity contribution >= 4 is 23.7 Å². The van der Waals surface area contributed by atoms with Crippen molar-refractivity contribution in [3.63, 3.8) is 0 Å². The SMILES string of the molecule is CC(O)C(N)C(=O)NC(Cc1cnc[nH]1)C(=O)N1CCCC1C(=O)NC(C(=O)O)C(C)O. The monoisotopic (exact) mass is 454 g/mol. The molecule has 6 unspecified atom stereocenters. The van der Waals surface area contributed by atoms with Gasteiger partial charge in [-0.05, 0) is 26.7 Å². The Bertz CT molecular complexity index is 813. The number of H-pyrrole nitrogens is 1. The van der Waals surface area contributed by atoms with Crippen LogP contribution in [0.5, 0.6) is 0 Å². The number of carbonyl (C=O) groups is 4. The smallest absolute Gasteiger partial charge is 0.328 e. The number of hydrogen-bond donors (Lipinski definition) is 7. The van der Waals surface area contributed by atoms with Crippen molar-refractivity contribution in [2.24, 2.45) is 5.73 Å². The van der Waals surface area contributed by atoms with Gasteiger partial charge in [0, 0.05) is 24.9 Å². The molecule has 6 atom stereocenters. The molecule has 1 aromatic rings. The van der Waals surface area contributed by atoms with E-state index in [9.17, 15) is 34.5 Å². The molecule has 0 aliphatic carbocycles. The summed E-state index contributed by atoms with van der Waals surface area (Å²) in [6, 6.07) is -4.85. The van der Waals surface area contributed by atoms with Crippen molar-refractivity contribution in [1.29, 1.82) is 0 Å². The predicted octanol–water partition coefficient (Wildman–Crippen LogP) is -2.91. The van der Waals surface area contributed by atoms with Crippen molar-refractivity contribution in [1.82, 2.24) is 25.5 Å². The number of aliphatic hydroxyl groups is 2. The molecule has 1 aromatic heterocycles. The molecule has 32 heavy (non-hydrogen) atoms. The lowest BCUT2D eigenvalue weighted by Gasteiger charge is -2.30. The summed E-state index contributed by atoms with van der Waals surface area (Å²) in [6.45, 7) is 2.80. The Balaban J connectivity index is 2.19. The van der Waals surface area contributed by atoms with Gasteiger partial charge in [-0.2, -0.15) is 0 Å². The summed E-state index contributed by atoms with van der Waals surface area (Å²) in [5, 5.41) is 33.2. The largest absolute Gasteiger partial charge is 0.480 e. The molecule has 178 valence electrons. The molecule has 0 radical (unpaired) electrons. The summed E-state index contributed by atoms with van der Waals surface area (Å²) in [4.78, 5) is 57.7. The van der Waals surface area contributed by atoms with Crippen LogP contribution in [-0.2, 0) is 25.6 Å². The van der Waals surface area contributed by atoms with Gasteiger partial charge in [-0.15, -0.1) is 0 Å². The van der Waals surface area contributed by atoms with Crippen molar-refractivity contribution in [3.05, 3.63) is 18.2 Å². The number of rotatable bonds is 10. The Morgan fingerprint density at radius 3 is 2.47 bits per heavy atom. The van der Waals surface area contributed by atoms with Crippen LogP contribution in [0.25, 0.3) is 0 Å². The minimum Gasteiger partial charge on any atom is -0.480 e. The van der Waals surface area contributed by atoms with Crippen molar-refractivity contribution in [2.75, 3.05) is 6.54 Å². The lowest BCUT2D eigenvalue weighted by Crippen LogP contribution is -2.59. The number of nitrogens with zero attached hydrogens (tertiary/aromatic N) is 2. The quantitative estimate of drug-likeness (QED) is 0.193. The molecule has 0 bridgehead atoms. The van der Waals surface area contributed by atoms with Crippen LogP contribution in [0.2, 0.25) is 0 Å². The Morgan fingerprint density at radius 2 is 1.94 bits per heavy atom. The molecule has 3 amide bonds. The summed E-state index contributed by atoms with van der Waals surface area (Å²) >= 11 is 0. The molecule has 1 fully saturated rings. The number of amides is 3. The topological polar surface area (TPSA) is 211 Å².